The Hall–Kier alpha value is -3.26. The van der Waals surface area contributed by atoms with E-state index >= 15 is 0 Å². The van der Waals surface area contributed by atoms with Gasteiger partial charge in [-0.15, -0.1) is 0 Å². The summed E-state index contributed by atoms with van der Waals surface area (Å²) < 4.78 is 23.9. The molecule has 1 amide bonds. The number of aliphatic hydroxyl groups excluding tert-OH is 2. The predicted octanol–water partition coefficient (Wildman–Crippen LogP) is 6.76. The minimum atomic E-state index is -2.36. The zero-order valence-corrected chi connectivity index (χ0v) is 38.7. The molecule has 5 rings (SSSR count). The number of ketones is 2. The maximum absolute atomic E-state index is 14.3. The topological polar surface area (TPSA) is 169 Å². The number of hydrogen-bond acceptors (Lipinski definition) is 11. The molecule has 4 heterocycles. The molecule has 0 spiro atoms. The molecule has 0 radical (unpaired) electrons. The van der Waals surface area contributed by atoms with E-state index in [4.69, 9.17) is 18.9 Å². The molecule has 1 saturated carbocycles. The first-order valence-corrected chi connectivity index (χ1v) is 23.2. The molecule has 12 heteroatoms. The van der Waals surface area contributed by atoms with Crippen molar-refractivity contribution in [1.29, 1.82) is 0 Å². The van der Waals surface area contributed by atoms with E-state index in [1.807, 2.05) is 77.2 Å². The van der Waals surface area contributed by atoms with Crippen LogP contribution < -0.4 is 0 Å². The number of hydrogen-bond donors (Lipinski definition) is 3. The summed E-state index contributed by atoms with van der Waals surface area (Å²) in [5, 5.41) is 34.0. The Morgan fingerprint density at radius 2 is 1.56 bits per heavy atom. The average Bonchev–Trinajstić information content (AvgIpc) is 3.33. The number of rotatable bonds is 4. The maximum atomic E-state index is 14.3. The van der Waals surface area contributed by atoms with Crippen molar-refractivity contribution in [2.75, 3.05) is 20.8 Å². The first-order chi connectivity index (χ1) is 29.4. The number of Topliss-reactive ketones (excluding diaryl/α,β-unsaturated/α-hetero) is 2. The normalized spacial score (nSPS) is 43.7. The Kier molecular flexibility index (Phi) is 17.7. The van der Waals surface area contributed by atoms with Crippen LogP contribution in [-0.4, -0.2) is 113 Å². The molecule has 0 aromatic rings. The van der Waals surface area contributed by atoms with E-state index in [1.165, 1.54) is 12.0 Å². The summed E-state index contributed by atoms with van der Waals surface area (Å²) in [6, 6.07) is -0.993. The van der Waals surface area contributed by atoms with Gasteiger partial charge in [-0.1, -0.05) is 75.8 Å². The van der Waals surface area contributed by atoms with Crippen LogP contribution in [0, 0.1) is 41.4 Å². The number of nitrogens with zero attached hydrogens (tertiary/aromatic N) is 1. The minimum Gasteiger partial charge on any atom is -0.461 e. The van der Waals surface area contributed by atoms with Crippen LogP contribution >= 0.6 is 0 Å². The van der Waals surface area contributed by atoms with Gasteiger partial charge in [0.2, 0.25) is 5.79 Å². The van der Waals surface area contributed by atoms with Crippen molar-refractivity contribution in [3.63, 3.8) is 0 Å². The smallest absolute Gasteiger partial charge is 0.329 e. The van der Waals surface area contributed by atoms with Crippen molar-refractivity contribution < 1.29 is 53.4 Å². The van der Waals surface area contributed by atoms with Crippen LogP contribution in [0.5, 0.6) is 0 Å². The van der Waals surface area contributed by atoms with Crippen molar-refractivity contribution in [2.24, 2.45) is 41.4 Å². The van der Waals surface area contributed by atoms with Gasteiger partial charge >= 0.3 is 5.97 Å². The fourth-order valence-corrected chi connectivity index (χ4v) is 10.8. The van der Waals surface area contributed by atoms with Crippen LogP contribution in [0.2, 0.25) is 0 Å². The first-order valence-electron chi connectivity index (χ1n) is 23.2. The highest BCUT2D eigenvalue weighted by Crippen LogP contribution is 2.44. The lowest BCUT2D eigenvalue weighted by molar-refractivity contribution is -0.256. The Balaban J connectivity index is 1.47. The molecule has 0 aromatic heterocycles. The molecule has 4 aliphatic heterocycles. The Bertz CT molecular complexity index is 1750. The molecule has 5 aliphatic rings. The minimum absolute atomic E-state index is 0.0168. The van der Waals surface area contributed by atoms with Gasteiger partial charge in [0.05, 0.1) is 18.3 Å². The fourth-order valence-electron chi connectivity index (χ4n) is 10.8. The van der Waals surface area contributed by atoms with E-state index < -0.39 is 65.9 Å². The molecular weight excluding hydrogens is 791 g/mol. The van der Waals surface area contributed by atoms with E-state index in [0.29, 0.717) is 63.4 Å². The van der Waals surface area contributed by atoms with Gasteiger partial charge in [-0.2, -0.15) is 0 Å². The monoisotopic (exact) mass is 866 g/mol. The Labute approximate surface area is 369 Å². The number of amides is 1. The lowest BCUT2D eigenvalue weighted by atomic mass is 9.71. The number of aliphatic hydroxyl groups is 3. The van der Waals surface area contributed by atoms with Gasteiger partial charge < -0.3 is 39.2 Å². The summed E-state index contributed by atoms with van der Waals surface area (Å²) in [5.41, 5.74) is 2.35. The van der Waals surface area contributed by atoms with Crippen LogP contribution in [0.25, 0.3) is 0 Å². The molecule has 1 unspecified atom stereocenters. The van der Waals surface area contributed by atoms with Crippen LogP contribution in [0.3, 0.4) is 0 Å². The van der Waals surface area contributed by atoms with Gasteiger partial charge in [0.1, 0.15) is 24.4 Å². The van der Waals surface area contributed by atoms with Gasteiger partial charge in [0.15, 0.2) is 5.78 Å². The van der Waals surface area contributed by atoms with Crippen molar-refractivity contribution >= 4 is 23.4 Å². The van der Waals surface area contributed by atoms with Gasteiger partial charge in [0, 0.05) is 32.6 Å². The summed E-state index contributed by atoms with van der Waals surface area (Å²) in [4.78, 5) is 57.6. The zero-order chi connectivity index (χ0) is 45.5. The molecule has 62 heavy (non-hydrogen) atoms. The largest absolute Gasteiger partial charge is 0.461 e. The Morgan fingerprint density at radius 3 is 2.27 bits per heavy atom. The molecule has 12 nitrogen and oxygen atoms in total. The summed E-state index contributed by atoms with van der Waals surface area (Å²) in [7, 11) is 3.07. The second-order valence-corrected chi connectivity index (χ2v) is 19.5. The summed E-state index contributed by atoms with van der Waals surface area (Å²) >= 11 is 0. The van der Waals surface area contributed by atoms with Gasteiger partial charge in [-0.25, -0.2) is 4.79 Å². The fraction of sp³-hybridized carbons (Fsp3) is 0.720. The van der Waals surface area contributed by atoms with E-state index in [0.717, 1.165) is 24.0 Å². The highest BCUT2D eigenvalue weighted by molar-refractivity contribution is 6.39. The average molecular weight is 866 g/mol. The van der Waals surface area contributed by atoms with Crippen LogP contribution in [0.15, 0.2) is 59.3 Å². The quantitative estimate of drug-likeness (QED) is 0.155. The number of fused-ring (bicyclic) bond motifs is 5. The van der Waals surface area contributed by atoms with Gasteiger partial charge in [-0.05, 0) is 132 Å². The number of carbonyl (C=O) groups excluding carboxylic acids is 4. The molecule has 346 valence electrons. The SMILES string of the molecule is CO[C@@H]1C[C@H](C[C@H]2C3CCN4C(=O)C(=O)[C@]5(O)O[C@@H](CC[C@H]5C)/C(C)=C/C(C)=C/C=C/C=C/[C@@H](C)C[C@@H](C)C(=O)[C@H](OC)[C@H](O)/C(C)=C/[C@@H](C)CC[C@@H]2OC(=O)[C@@H]4C3)CC[C@H]1O. The molecule has 1 aliphatic carbocycles. The van der Waals surface area contributed by atoms with Gasteiger partial charge in [0.25, 0.3) is 11.7 Å². The molecule has 3 N–H and O–H groups in total. The standard InChI is InChI=1S/C50H75NO11/c1-29-13-11-10-12-14-30(2)24-33(5)44(53)46(60-9)45(54)34(6)25-31(3)15-19-42-38(26-36-17-18-40(52)43(27-36)59-8)37-21-22-51(39(28-37)49(57)61-42)48(56)47(55)50(58)35(7)16-20-41(62-50)32(4)23-29/h10-14,23,25,30-31,33,35-43,45-46,52,54,58H,15-22,24,26-28H2,1-9H3/b11-10+,14-12+,29-13+,32-23+,34-25+/t30-,31+,33-,35-,36+,37?,38+,39+,40-,41+,42+,43-,45-,46+,50-/m1/s1. The van der Waals surface area contributed by atoms with E-state index in [2.05, 4.69) is 0 Å². The first kappa shape index (κ1) is 49.8. The second-order valence-electron chi connectivity index (χ2n) is 19.5. The van der Waals surface area contributed by atoms with Crippen LogP contribution in [-0.2, 0) is 38.1 Å². The third-order valence-electron chi connectivity index (χ3n) is 14.6. The number of ether oxygens (including phenoxy) is 4. The third kappa shape index (κ3) is 11.9. The van der Waals surface area contributed by atoms with Crippen molar-refractivity contribution in [3.05, 3.63) is 59.3 Å². The molecular formula is C50H75NO11. The summed E-state index contributed by atoms with van der Waals surface area (Å²) in [6.45, 7) is 13.5. The zero-order valence-electron chi connectivity index (χ0n) is 38.7. The highest BCUT2D eigenvalue weighted by Gasteiger charge is 2.55. The van der Waals surface area contributed by atoms with Crippen molar-refractivity contribution in [1.82, 2.24) is 4.90 Å². The number of esters is 1. The molecule has 3 saturated heterocycles. The van der Waals surface area contributed by atoms with Gasteiger partial charge in [-0.3, -0.25) is 14.4 Å². The Morgan fingerprint density at radius 1 is 0.823 bits per heavy atom. The van der Waals surface area contributed by atoms with E-state index in [9.17, 15) is 34.5 Å². The summed E-state index contributed by atoms with van der Waals surface area (Å²) in [5.74, 6) is -5.86. The van der Waals surface area contributed by atoms with Crippen LogP contribution in [0.4, 0.5) is 0 Å². The maximum Gasteiger partial charge on any atom is 0.329 e. The van der Waals surface area contributed by atoms with Crippen molar-refractivity contribution in [2.45, 2.75) is 168 Å². The molecule has 4 fully saturated rings. The molecule has 0 aromatic carbocycles. The number of carbonyl (C=O) groups is 4. The molecule has 5 bridgehead atoms. The number of allylic oxidation sites excluding steroid dienone is 8. The number of piperidine rings is 1. The van der Waals surface area contributed by atoms with Crippen LogP contribution in [0.1, 0.15) is 119 Å². The third-order valence-corrected chi connectivity index (χ3v) is 14.6. The lowest BCUT2D eigenvalue weighted by Gasteiger charge is -2.43. The predicted molar refractivity (Wildman–Crippen MR) is 236 cm³/mol. The molecule has 15 atom stereocenters. The second kappa shape index (κ2) is 22.1. The van der Waals surface area contributed by atoms with E-state index in [1.54, 1.807) is 21.0 Å². The number of methoxy groups -OCH3 is 2. The lowest BCUT2D eigenvalue weighted by Crippen LogP contribution is -2.61. The van der Waals surface area contributed by atoms with Crippen molar-refractivity contribution in [3.8, 4) is 0 Å². The summed E-state index contributed by atoms with van der Waals surface area (Å²) in [6.07, 6.45) is 16.1. The highest BCUT2D eigenvalue weighted by atomic mass is 16.6. The van der Waals surface area contributed by atoms with E-state index in [-0.39, 0.29) is 53.9 Å².